The van der Waals surface area contributed by atoms with Crippen molar-refractivity contribution in [3.63, 3.8) is 0 Å². The molecule has 2 amide bonds. The Labute approximate surface area is 142 Å². The average molecular weight is 335 g/mol. The molecule has 1 fully saturated rings. The Kier molecular flexibility index (Phi) is 6.34. The molecule has 0 radical (unpaired) electrons. The van der Waals surface area contributed by atoms with Crippen LogP contribution in [0.2, 0.25) is 0 Å². The predicted molar refractivity (Wildman–Crippen MR) is 89.9 cm³/mol. The Hall–Kier alpha value is -2.38. The fourth-order valence-corrected chi connectivity index (χ4v) is 2.38. The van der Waals surface area contributed by atoms with Gasteiger partial charge in [-0.05, 0) is 20.3 Å². The van der Waals surface area contributed by atoms with Crippen LogP contribution < -0.4 is 5.32 Å². The maximum absolute atomic E-state index is 12.6. The predicted octanol–water partition coefficient (Wildman–Crippen LogP) is 1.60. The zero-order valence-electron chi connectivity index (χ0n) is 14.5. The molecule has 0 saturated carbocycles. The lowest BCUT2D eigenvalue weighted by Gasteiger charge is -2.33. The van der Waals surface area contributed by atoms with Crippen LogP contribution in [-0.2, 0) is 4.74 Å². The summed E-state index contributed by atoms with van der Waals surface area (Å²) in [7, 11) is 0. The second kappa shape index (κ2) is 8.47. The van der Waals surface area contributed by atoms with E-state index < -0.39 is 0 Å². The number of hydrogen-bond donors (Lipinski definition) is 1. The zero-order valence-corrected chi connectivity index (χ0v) is 14.5. The van der Waals surface area contributed by atoms with Gasteiger partial charge in [-0.1, -0.05) is 6.92 Å². The molecule has 1 aliphatic rings. The van der Waals surface area contributed by atoms with Crippen molar-refractivity contribution in [3.8, 4) is 0 Å². The number of nitrogens with zero attached hydrogens (tertiary/aromatic N) is 4. The van der Waals surface area contributed by atoms with Gasteiger partial charge in [-0.2, -0.15) is 0 Å². The van der Waals surface area contributed by atoms with Gasteiger partial charge in [0.15, 0.2) is 0 Å². The van der Waals surface area contributed by atoms with E-state index in [1.807, 2.05) is 0 Å². The molecular formula is C16H25N5O3. The fraction of sp³-hybridized carbons (Fsp3) is 0.625. The SMILES string of the molecule is CCOC(=O)N1CCN(C(=O)c2cc(NC(C)CC)ncn2)CC1. The standard InChI is InChI=1S/C16H25N5O3/c1-4-12(3)19-14-10-13(17-11-18-14)15(22)20-6-8-21(9-7-20)16(23)24-5-2/h10-12H,4-9H2,1-3H3,(H,17,18,19). The summed E-state index contributed by atoms with van der Waals surface area (Å²) in [6.45, 7) is 8.13. The second-order valence-corrected chi connectivity index (χ2v) is 5.72. The highest BCUT2D eigenvalue weighted by Gasteiger charge is 2.26. The van der Waals surface area contributed by atoms with Crippen molar-refractivity contribution < 1.29 is 14.3 Å². The molecule has 2 rings (SSSR count). The number of anilines is 1. The quantitative estimate of drug-likeness (QED) is 0.879. The van der Waals surface area contributed by atoms with E-state index in [0.29, 0.717) is 44.3 Å². The van der Waals surface area contributed by atoms with E-state index in [2.05, 4.69) is 29.1 Å². The van der Waals surface area contributed by atoms with Crippen molar-refractivity contribution in [2.24, 2.45) is 0 Å². The van der Waals surface area contributed by atoms with Crippen LogP contribution >= 0.6 is 0 Å². The van der Waals surface area contributed by atoms with Gasteiger partial charge in [0, 0.05) is 38.3 Å². The molecule has 0 bridgehead atoms. The minimum atomic E-state index is -0.327. The van der Waals surface area contributed by atoms with Gasteiger partial charge >= 0.3 is 6.09 Å². The first-order chi connectivity index (χ1) is 11.5. The van der Waals surface area contributed by atoms with Crippen molar-refractivity contribution in [1.29, 1.82) is 0 Å². The monoisotopic (exact) mass is 335 g/mol. The number of nitrogens with one attached hydrogen (secondary N) is 1. The summed E-state index contributed by atoms with van der Waals surface area (Å²) in [5.41, 5.74) is 0.361. The van der Waals surface area contributed by atoms with Crippen LogP contribution in [0.15, 0.2) is 12.4 Å². The lowest BCUT2D eigenvalue weighted by Crippen LogP contribution is -2.50. The number of aromatic nitrogens is 2. The van der Waals surface area contributed by atoms with E-state index in [9.17, 15) is 9.59 Å². The maximum Gasteiger partial charge on any atom is 0.409 e. The lowest BCUT2D eigenvalue weighted by atomic mass is 10.2. The number of ether oxygens (including phenoxy) is 1. The highest BCUT2D eigenvalue weighted by atomic mass is 16.6. The largest absolute Gasteiger partial charge is 0.450 e. The Morgan fingerprint density at radius 2 is 1.88 bits per heavy atom. The number of amides is 2. The maximum atomic E-state index is 12.6. The molecule has 2 heterocycles. The normalized spacial score (nSPS) is 15.8. The Balaban J connectivity index is 1.95. The van der Waals surface area contributed by atoms with Gasteiger partial charge in [0.1, 0.15) is 17.8 Å². The molecule has 24 heavy (non-hydrogen) atoms. The molecule has 8 nitrogen and oxygen atoms in total. The van der Waals surface area contributed by atoms with Crippen LogP contribution in [0.25, 0.3) is 0 Å². The third-order valence-corrected chi connectivity index (χ3v) is 3.99. The summed E-state index contributed by atoms with van der Waals surface area (Å²) in [5.74, 6) is 0.501. The van der Waals surface area contributed by atoms with Crippen LogP contribution in [0.1, 0.15) is 37.7 Å². The summed E-state index contributed by atoms with van der Waals surface area (Å²) in [5, 5.41) is 3.23. The molecular weight excluding hydrogens is 310 g/mol. The molecule has 1 aromatic heterocycles. The van der Waals surface area contributed by atoms with Crippen LogP contribution in [-0.4, -0.2) is 70.6 Å². The minimum Gasteiger partial charge on any atom is -0.450 e. The van der Waals surface area contributed by atoms with Gasteiger partial charge < -0.3 is 19.9 Å². The highest BCUT2D eigenvalue weighted by molar-refractivity contribution is 5.93. The molecule has 132 valence electrons. The molecule has 8 heteroatoms. The van der Waals surface area contributed by atoms with E-state index >= 15 is 0 Å². The van der Waals surface area contributed by atoms with E-state index in [4.69, 9.17) is 4.74 Å². The van der Waals surface area contributed by atoms with Gasteiger partial charge in [0.2, 0.25) is 0 Å². The van der Waals surface area contributed by atoms with Crippen molar-refractivity contribution in [1.82, 2.24) is 19.8 Å². The Bertz CT molecular complexity index is 573. The molecule has 1 unspecified atom stereocenters. The summed E-state index contributed by atoms with van der Waals surface area (Å²) >= 11 is 0. The van der Waals surface area contributed by atoms with Gasteiger partial charge in [-0.3, -0.25) is 4.79 Å². The molecule has 0 aromatic carbocycles. The van der Waals surface area contributed by atoms with Crippen molar-refractivity contribution in [2.45, 2.75) is 33.2 Å². The molecule has 1 atom stereocenters. The zero-order chi connectivity index (χ0) is 17.5. The third kappa shape index (κ3) is 4.56. The molecule has 1 aliphatic heterocycles. The van der Waals surface area contributed by atoms with E-state index in [-0.39, 0.29) is 18.0 Å². The van der Waals surface area contributed by atoms with Crippen molar-refractivity contribution in [2.75, 3.05) is 38.1 Å². The minimum absolute atomic E-state index is 0.145. The summed E-state index contributed by atoms with van der Waals surface area (Å²) in [6.07, 6.45) is 2.03. The van der Waals surface area contributed by atoms with Gasteiger partial charge in [0.25, 0.3) is 5.91 Å². The summed E-state index contributed by atoms with van der Waals surface area (Å²) in [4.78, 5) is 35.8. The van der Waals surface area contributed by atoms with Gasteiger partial charge in [-0.15, -0.1) is 0 Å². The average Bonchev–Trinajstić information content (AvgIpc) is 2.61. The number of carbonyl (C=O) groups is 2. The van der Waals surface area contributed by atoms with E-state index in [1.165, 1.54) is 6.33 Å². The van der Waals surface area contributed by atoms with Crippen molar-refractivity contribution in [3.05, 3.63) is 18.1 Å². The van der Waals surface area contributed by atoms with E-state index in [1.54, 1.807) is 22.8 Å². The molecule has 1 N–H and O–H groups in total. The number of rotatable bonds is 5. The first kappa shape index (κ1) is 18.0. The van der Waals surface area contributed by atoms with Crippen LogP contribution in [0.5, 0.6) is 0 Å². The number of hydrogen-bond acceptors (Lipinski definition) is 6. The molecule has 1 saturated heterocycles. The van der Waals surface area contributed by atoms with Crippen LogP contribution in [0.4, 0.5) is 10.6 Å². The Morgan fingerprint density at radius 3 is 2.50 bits per heavy atom. The molecule has 1 aromatic rings. The summed E-state index contributed by atoms with van der Waals surface area (Å²) in [6, 6.07) is 1.95. The summed E-state index contributed by atoms with van der Waals surface area (Å²) < 4.78 is 4.98. The second-order valence-electron chi connectivity index (χ2n) is 5.72. The van der Waals surface area contributed by atoms with Crippen LogP contribution in [0.3, 0.4) is 0 Å². The van der Waals surface area contributed by atoms with Gasteiger partial charge in [0.05, 0.1) is 6.61 Å². The highest BCUT2D eigenvalue weighted by Crippen LogP contribution is 2.12. The molecule has 0 aliphatic carbocycles. The van der Waals surface area contributed by atoms with Crippen molar-refractivity contribution >= 4 is 17.8 Å². The smallest absolute Gasteiger partial charge is 0.409 e. The van der Waals surface area contributed by atoms with Crippen LogP contribution in [0, 0.1) is 0 Å². The first-order valence-electron chi connectivity index (χ1n) is 8.34. The van der Waals surface area contributed by atoms with Gasteiger partial charge in [-0.25, -0.2) is 14.8 Å². The third-order valence-electron chi connectivity index (χ3n) is 3.99. The molecule has 0 spiro atoms. The first-order valence-corrected chi connectivity index (χ1v) is 8.34. The number of piperazine rings is 1. The fourth-order valence-electron chi connectivity index (χ4n) is 2.38. The number of carbonyl (C=O) groups excluding carboxylic acids is 2. The Morgan fingerprint density at radius 1 is 1.21 bits per heavy atom. The lowest BCUT2D eigenvalue weighted by molar-refractivity contribution is 0.0566. The topological polar surface area (TPSA) is 87.7 Å². The van der Waals surface area contributed by atoms with E-state index in [0.717, 1.165) is 6.42 Å².